The minimum atomic E-state index is -0.433. The Hall–Kier alpha value is -2.50. The smallest absolute Gasteiger partial charge is 0.408 e. The van der Waals surface area contributed by atoms with Crippen LogP contribution in [0.4, 0.5) is 5.69 Å². The summed E-state index contributed by atoms with van der Waals surface area (Å²) in [5.74, 6) is -0.433. The number of aryl methyl sites for hydroxylation is 2. The highest BCUT2D eigenvalue weighted by Gasteiger charge is 2.06. The fourth-order valence-electron chi connectivity index (χ4n) is 2.29. The van der Waals surface area contributed by atoms with E-state index in [9.17, 15) is 4.79 Å². The normalized spacial score (nSPS) is 11.1. The Morgan fingerprint density at radius 1 is 1.45 bits per heavy atom. The largest absolute Gasteiger partial charge is 0.417 e. The summed E-state index contributed by atoms with van der Waals surface area (Å²) in [6.45, 7) is 2.79. The summed E-state index contributed by atoms with van der Waals surface area (Å²) in [6.07, 6.45) is 2.93. The lowest BCUT2D eigenvalue weighted by molar-refractivity contribution is 0.555. The number of rotatable bonds is 4. The first-order valence-electron chi connectivity index (χ1n) is 6.54. The maximum absolute atomic E-state index is 11.1. The second kappa shape index (κ2) is 4.88. The SMILES string of the molecule is CCc1nn(C)cc1CNc1ccc2oc(=O)[nH]c2c1. The van der Waals surface area contributed by atoms with Gasteiger partial charge in [-0.15, -0.1) is 0 Å². The Morgan fingerprint density at radius 3 is 3.10 bits per heavy atom. The lowest BCUT2D eigenvalue weighted by atomic mass is 10.2. The number of oxazole rings is 1. The van der Waals surface area contributed by atoms with Crippen LogP contribution in [-0.2, 0) is 20.0 Å². The molecule has 3 aromatic rings. The van der Waals surface area contributed by atoms with Gasteiger partial charge in [0, 0.05) is 31.0 Å². The van der Waals surface area contributed by atoms with Gasteiger partial charge < -0.3 is 9.73 Å². The molecule has 0 saturated heterocycles. The van der Waals surface area contributed by atoms with Crippen LogP contribution in [0.25, 0.3) is 11.1 Å². The Morgan fingerprint density at radius 2 is 2.30 bits per heavy atom. The number of fused-ring (bicyclic) bond motifs is 1. The molecule has 0 aliphatic rings. The first-order chi connectivity index (χ1) is 9.65. The number of H-pyrrole nitrogens is 1. The van der Waals surface area contributed by atoms with Crippen LogP contribution in [0, 0.1) is 0 Å². The van der Waals surface area contributed by atoms with Crippen molar-refractivity contribution >= 4 is 16.8 Å². The van der Waals surface area contributed by atoms with E-state index in [1.165, 1.54) is 5.56 Å². The van der Waals surface area contributed by atoms with Crippen molar-refractivity contribution in [1.29, 1.82) is 0 Å². The predicted octanol–water partition coefficient (Wildman–Crippen LogP) is 2.03. The number of nitrogens with one attached hydrogen (secondary N) is 2. The third kappa shape index (κ3) is 2.32. The summed E-state index contributed by atoms with van der Waals surface area (Å²) in [7, 11) is 1.92. The molecule has 20 heavy (non-hydrogen) atoms. The lowest BCUT2D eigenvalue weighted by Crippen LogP contribution is -2.01. The second-order valence-corrected chi connectivity index (χ2v) is 4.71. The van der Waals surface area contributed by atoms with Crippen molar-refractivity contribution < 1.29 is 4.42 Å². The van der Waals surface area contributed by atoms with Gasteiger partial charge in [0.25, 0.3) is 0 Å². The Labute approximate surface area is 115 Å². The average molecular weight is 272 g/mol. The van der Waals surface area contributed by atoms with E-state index in [1.807, 2.05) is 30.1 Å². The highest BCUT2D eigenvalue weighted by Crippen LogP contribution is 2.17. The zero-order valence-electron chi connectivity index (χ0n) is 11.4. The first kappa shape index (κ1) is 12.5. The fourth-order valence-corrected chi connectivity index (χ4v) is 2.29. The maximum atomic E-state index is 11.1. The van der Waals surface area contributed by atoms with E-state index in [4.69, 9.17) is 4.42 Å². The molecule has 104 valence electrons. The number of hydrogen-bond donors (Lipinski definition) is 2. The van der Waals surface area contributed by atoms with Gasteiger partial charge in [-0.05, 0) is 24.6 Å². The number of aromatic amines is 1. The molecular formula is C14H16N4O2. The Bertz CT molecular complexity index is 797. The maximum Gasteiger partial charge on any atom is 0.417 e. The zero-order chi connectivity index (χ0) is 14.1. The summed E-state index contributed by atoms with van der Waals surface area (Å²) in [4.78, 5) is 13.8. The first-order valence-corrected chi connectivity index (χ1v) is 6.54. The van der Waals surface area contributed by atoms with Gasteiger partial charge in [0.2, 0.25) is 0 Å². The molecule has 6 nitrogen and oxygen atoms in total. The van der Waals surface area contributed by atoms with Gasteiger partial charge in [-0.1, -0.05) is 6.92 Å². The van der Waals surface area contributed by atoms with Crippen molar-refractivity contribution in [3.05, 3.63) is 46.2 Å². The molecule has 0 unspecified atom stereocenters. The van der Waals surface area contributed by atoms with Gasteiger partial charge in [0.15, 0.2) is 5.58 Å². The van der Waals surface area contributed by atoms with E-state index in [1.54, 1.807) is 6.07 Å². The molecule has 2 aromatic heterocycles. The molecule has 6 heteroatoms. The molecule has 0 atom stereocenters. The monoisotopic (exact) mass is 272 g/mol. The summed E-state index contributed by atoms with van der Waals surface area (Å²) in [5, 5.41) is 7.74. The van der Waals surface area contributed by atoms with E-state index in [0.29, 0.717) is 17.6 Å². The van der Waals surface area contributed by atoms with Crippen LogP contribution in [0.5, 0.6) is 0 Å². The van der Waals surface area contributed by atoms with Crippen LogP contribution in [0.2, 0.25) is 0 Å². The number of hydrogen-bond acceptors (Lipinski definition) is 4. The van der Waals surface area contributed by atoms with Gasteiger partial charge in [0.05, 0.1) is 11.2 Å². The zero-order valence-corrected chi connectivity index (χ0v) is 11.4. The third-order valence-corrected chi connectivity index (χ3v) is 3.23. The minimum Gasteiger partial charge on any atom is -0.408 e. The molecule has 0 saturated carbocycles. The highest BCUT2D eigenvalue weighted by molar-refractivity contribution is 5.76. The lowest BCUT2D eigenvalue weighted by Gasteiger charge is -2.05. The van der Waals surface area contributed by atoms with Crippen LogP contribution < -0.4 is 11.1 Å². The Balaban J connectivity index is 1.80. The summed E-state index contributed by atoms with van der Waals surface area (Å²) < 4.78 is 6.80. The molecular weight excluding hydrogens is 256 g/mol. The van der Waals surface area contributed by atoms with Crippen LogP contribution in [0.1, 0.15) is 18.2 Å². The van der Waals surface area contributed by atoms with E-state index < -0.39 is 5.76 Å². The summed E-state index contributed by atoms with van der Waals surface area (Å²) in [5.41, 5.74) is 4.46. The van der Waals surface area contributed by atoms with Gasteiger partial charge in [0.1, 0.15) is 0 Å². The van der Waals surface area contributed by atoms with Crippen molar-refractivity contribution in [2.75, 3.05) is 5.32 Å². The average Bonchev–Trinajstić information content (AvgIpc) is 2.97. The number of nitrogens with zero attached hydrogens (tertiary/aromatic N) is 2. The number of anilines is 1. The Kier molecular flexibility index (Phi) is 3.06. The van der Waals surface area contributed by atoms with Gasteiger partial charge >= 0.3 is 5.76 Å². The van der Waals surface area contributed by atoms with E-state index in [-0.39, 0.29) is 0 Å². The summed E-state index contributed by atoms with van der Waals surface area (Å²) in [6, 6.07) is 5.53. The molecule has 0 aliphatic carbocycles. The van der Waals surface area contributed by atoms with Crippen molar-refractivity contribution in [2.45, 2.75) is 19.9 Å². The van der Waals surface area contributed by atoms with Crippen molar-refractivity contribution in [2.24, 2.45) is 7.05 Å². The molecule has 2 heterocycles. The van der Waals surface area contributed by atoms with Crippen LogP contribution >= 0.6 is 0 Å². The minimum absolute atomic E-state index is 0.433. The third-order valence-electron chi connectivity index (χ3n) is 3.23. The molecule has 2 N–H and O–H groups in total. The summed E-state index contributed by atoms with van der Waals surface area (Å²) >= 11 is 0. The van der Waals surface area contributed by atoms with Crippen LogP contribution in [0.3, 0.4) is 0 Å². The topological polar surface area (TPSA) is 75.8 Å². The molecule has 3 rings (SSSR count). The van der Waals surface area contributed by atoms with Crippen LogP contribution in [-0.4, -0.2) is 14.8 Å². The van der Waals surface area contributed by atoms with E-state index >= 15 is 0 Å². The standard InChI is InChI=1S/C14H16N4O2/c1-3-11-9(8-18(2)17-11)7-15-10-4-5-13-12(6-10)16-14(19)20-13/h4-6,8,15H,3,7H2,1-2H3,(H,16,19). The molecule has 1 aromatic carbocycles. The molecule has 0 radical (unpaired) electrons. The van der Waals surface area contributed by atoms with Gasteiger partial charge in [-0.2, -0.15) is 5.10 Å². The predicted molar refractivity (Wildman–Crippen MR) is 76.7 cm³/mol. The van der Waals surface area contributed by atoms with E-state index in [2.05, 4.69) is 22.3 Å². The van der Waals surface area contributed by atoms with Crippen molar-refractivity contribution in [3.8, 4) is 0 Å². The fraction of sp³-hybridized carbons (Fsp3) is 0.286. The van der Waals surface area contributed by atoms with Gasteiger partial charge in [-0.25, -0.2) is 4.79 Å². The number of aromatic nitrogens is 3. The number of benzene rings is 1. The molecule has 0 bridgehead atoms. The highest BCUT2D eigenvalue weighted by atomic mass is 16.4. The van der Waals surface area contributed by atoms with Crippen molar-refractivity contribution in [3.63, 3.8) is 0 Å². The second-order valence-electron chi connectivity index (χ2n) is 4.71. The van der Waals surface area contributed by atoms with Crippen LogP contribution in [0.15, 0.2) is 33.6 Å². The quantitative estimate of drug-likeness (QED) is 0.762. The molecule has 0 fully saturated rings. The molecule has 0 amide bonds. The van der Waals surface area contributed by atoms with Gasteiger partial charge in [-0.3, -0.25) is 9.67 Å². The van der Waals surface area contributed by atoms with E-state index in [0.717, 1.165) is 17.8 Å². The molecule has 0 spiro atoms. The molecule has 0 aliphatic heterocycles. The van der Waals surface area contributed by atoms with Crippen molar-refractivity contribution in [1.82, 2.24) is 14.8 Å².